The van der Waals surface area contributed by atoms with E-state index in [9.17, 15) is 9.59 Å². The van der Waals surface area contributed by atoms with Crippen molar-refractivity contribution < 1.29 is 9.59 Å². The third-order valence-corrected chi connectivity index (χ3v) is 5.87. The van der Waals surface area contributed by atoms with Crippen molar-refractivity contribution in [2.75, 3.05) is 5.75 Å². The molecular formula is C25H34N2O2S. The monoisotopic (exact) mass is 426 g/mol. The Bertz CT molecular complexity index is 833. The molecule has 30 heavy (non-hydrogen) atoms. The molecule has 0 aliphatic carbocycles. The minimum Gasteiger partial charge on any atom is -0.352 e. The Kier molecular flexibility index (Phi) is 9.44. The average Bonchev–Trinajstić information content (AvgIpc) is 2.68. The lowest BCUT2D eigenvalue weighted by Gasteiger charge is -2.31. The molecule has 2 aromatic carbocycles. The van der Waals surface area contributed by atoms with Gasteiger partial charge in [-0.2, -0.15) is 0 Å². The zero-order valence-electron chi connectivity index (χ0n) is 18.8. The predicted octanol–water partition coefficient (Wildman–Crippen LogP) is 5.12. The second-order valence-electron chi connectivity index (χ2n) is 8.01. The van der Waals surface area contributed by atoms with E-state index >= 15 is 0 Å². The van der Waals surface area contributed by atoms with Gasteiger partial charge in [0.2, 0.25) is 11.8 Å². The molecule has 5 heteroatoms. The topological polar surface area (TPSA) is 49.4 Å². The zero-order chi connectivity index (χ0) is 22.1. The molecule has 4 nitrogen and oxygen atoms in total. The second-order valence-corrected chi connectivity index (χ2v) is 9.18. The highest BCUT2D eigenvalue weighted by Crippen LogP contribution is 2.21. The van der Waals surface area contributed by atoms with Gasteiger partial charge in [0.1, 0.15) is 6.04 Å². The summed E-state index contributed by atoms with van der Waals surface area (Å²) in [6, 6.07) is 16.0. The van der Waals surface area contributed by atoms with Crippen molar-refractivity contribution in [1.29, 1.82) is 0 Å². The van der Waals surface area contributed by atoms with Gasteiger partial charge in [0, 0.05) is 29.7 Å². The minimum absolute atomic E-state index is 0.0156. The molecule has 2 amide bonds. The number of aryl methyl sites for hydroxylation is 2. The van der Waals surface area contributed by atoms with E-state index in [1.54, 1.807) is 16.7 Å². The van der Waals surface area contributed by atoms with Crippen molar-refractivity contribution in [3.8, 4) is 0 Å². The maximum absolute atomic E-state index is 13.2. The molecule has 0 aliphatic heterocycles. The smallest absolute Gasteiger partial charge is 0.243 e. The van der Waals surface area contributed by atoms with Gasteiger partial charge in [0.05, 0.1) is 0 Å². The molecule has 0 spiro atoms. The van der Waals surface area contributed by atoms with Crippen LogP contribution in [0.1, 0.15) is 50.3 Å². The highest BCUT2D eigenvalue weighted by molar-refractivity contribution is 7.99. The van der Waals surface area contributed by atoms with Gasteiger partial charge in [-0.3, -0.25) is 9.59 Å². The molecule has 162 valence electrons. The molecule has 2 rings (SSSR count). The van der Waals surface area contributed by atoms with Gasteiger partial charge < -0.3 is 10.2 Å². The van der Waals surface area contributed by atoms with Gasteiger partial charge >= 0.3 is 0 Å². The van der Waals surface area contributed by atoms with Crippen LogP contribution in [0.2, 0.25) is 0 Å². The van der Waals surface area contributed by atoms with E-state index < -0.39 is 6.04 Å². The summed E-state index contributed by atoms with van der Waals surface area (Å²) in [6.45, 7) is 10.4. The molecule has 1 atom stereocenters. The van der Waals surface area contributed by atoms with E-state index in [1.165, 1.54) is 5.56 Å². The lowest BCUT2D eigenvalue weighted by Crippen LogP contribution is -2.50. The second kappa shape index (κ2) is 11.8. The van der Waals surface area contributed by atoms with Crippen LogP contribution in [0.4, 0.5) is 0 Å². The lowest BCUT2D eigenvalue weighted by molar-refractivity contribution is -0.141. The first-order valence-corrected chi connectivity index (χ1v) is 11.6. The van der Waals surface area contributed by atoms with Gasteiger partial charge in [-0.1, -0.05) is 54.4 Å². The molecule has 0 aromatic heterocycles. The molecule has 0 bridgehead atoms. The van der Waals surface area contributed by atoms with E-state index in [-0.39, 0.29) is 17.9 Å². The van der Waals surface area contributed by atoms with Gasteiger partial charge in [-0.15, -0.1) is 11.8 Å². The van der Waals surface area contributed by atoms with Crippen molar-refractivity contribution >= 4 is 23.6 Å². The van der Waals surface area contributed by atoms with E-state index in [4.69, 9.17) is 0 Å². The van der Waals surface area contributed by atoms with Crippen molar-refractivity contribution in [3.05, 3.63) is 65.2 Å². The standard InChI is InChI=1S/C25H34N2O2S/c1-6-23(25(29)26-18(2)3)27(17-21-9-7-8-20(5)16-21)24(28)14-15-30-22-12-10-19(4)11-13-22/h7-13,16,18,23H,6,14-15,17H2,1-5H3,(H,26,29)/t23-/m1/s1. The zero-order valence-corrected chi connectivity index (χ0v) is 19.6. The number of thioether (sulfide) groups is 1. The summed E-state index contributed by atoms with van der Waals surface area (Å²) in [5.41, 5.74) is 3.42. The summed E-state index contributed by atoms with van der Waals surface area (Å²) in [6.07, 6.45) is 0.983. The van der Waals surface area contributed by atoms with Gasteiger partial charge in [-0.05, 0) is 51.8 Å². The van der Waals surface area contributed by atoms with Crippen LogP contribution in [0, 0.1) is 13.8 Å². The maximum atomic E-state index is 13.2. The fourth-order valence-electron chi connectivity index (χ4n) is 3.34. The third-order valence-electron chi connectivity index (χ3n) is 4.86. The average molecular weight is 427 g/mol. The highest BCUT2D eigenvalue weighted by atomic mass is 32.2. The normalized spacial score (nSPS) is 11.9. The number of hydrogen-bond acceptors (Lipinski definition) is 3. The van der Waals surface area contributed by atoms with Gasteiger partial charge in [0.25, 0.3) is 0 Å². The van der Waals surface area contributed by atoms with Crippen LogP contribution in [-0.4, -0.2) is 34.6 Å². The number of carbonyl (C=O) groups excluding carboxylic acids is 2. The fourth-order valence-corrected chi connectivity index (χ4v) is 4.18. The molecule has 2 aromatic rings. The molecule has 0 saturated heterocycles. The Morgan fingerprint density at radius 1 is 1.03 bits per heavy atom. The number of rotatable bonds is 10. The number of nitrogens with one attached hydrogen (secondary N) is 1. The molecule has 0 saturated carbocycles. The number of amides is 2. The van der Waals surface area contributed by atoms with Crippen LogP contribution < -0.4 is 5.32 Å². The SMILES string of the molecule is CC[C@H](C(=O)NC(C)C)N(Cc1cccc(C)c1)C(=O)CCSc1ccc(C)cc1. The van der Waals surface area contributed by atoms with Crippen molar-refractivity contribution in [3.63, 3.8) is 0 Å². The fraction of sp³-hybridized carbons (Fsp3) is 0.440. The molecule has 0 unspecified atom stereocenters. The largest absolute Gasteiger partial charge is 0.352 e. The Labute approximate surface area is 185 Å². The van der Waals surface area contributed by atoms with E-state index in [2.05, 4.69) is 42.6 Å². The highest BCUT2D eigenvalue weighted by Gasteiger charge is 2.28. The number of hydrogen-bond donors (Lipinski definition) is 1. The van der Waals surface area contributed by atoms with Crippen LogP contribution in [-0.2, 0) is 16.1 Å². The first kappa shape index (κ1) is 24.0. The predicted molar refractivity (Wildman–Crippen MR) is 126 cm³/mol. The molecule has 0 radical (unpaired) electrons. The van der Waals surface area contributed by atoms with Gasteiger partial charge in [0.15, 0.2) is 0 Å². The Morgan fingerprint density at radius 2 is 1.73 bits per heavy atom. The summed E-state index contributed by atoms with van der Waals surface area (Å²) < 4.78 is 0. The molecule has 0 heterocycles. The summed E-state index contributed by atoms with van der Waals surface area (Å²) in [7, 11) is 0. The Morgan fingerprint density at radius 3 is 2.33 bits per heavy atom. The van der Waals surface area contributed by atoms with Crippen LogP contribution in [0.25, 0.3) is 0 Å². The number of benzene rings is 2. The number of nitrogens with zero attached hydrogens (tertiary/aromatic N) is 1. The minimum atomic E-state index is -0.468. The van der Waals surface area contributed by atoms with Crippen molar-refractivity contribution in [2.45, 2.75) is 71.0 Å². The molecular weight excluding hydrogens is 392 g/mol. The lowest BCUT2D eigenvalue weighted by atomic mass is 10.1. The van der Waals surface area contributed by atoms with Gasteiger partial charge in [-0.25, -0.2) is 0 Å². The van der Waals surface area contributed by atoms with E-state index in [1.807, 2.05) is 45.9 Å². The van der Waals surface area contributed by atoms with E-state index in [0.717, 1.165) is 16.0 Å². The summed E-state index contributed by atoms with van der Waals surface area (Å²) >= 11 is 1.67. The summed E-state index contributed by atoms with van der Waals surface area (Å²) in [5.74, 6) is 0.621. The quantitative estimate of drug-likeness (QED) is 0.537. The van der Waals surface area contributed by atoms with Crippen LogP contribution >= 0.6 is 11.8 Å². The first-order valence-electron chi connectivity index (χ1n) is 10.6. The van der Waals surface area contributed by atoms with Crippen molar-refractivity contribution in [2.24, 2.45) is 0 Å². The number of carbonyl (C=O) groups is 2. The molecule has 1 N–H and O–H groups in total. The first-order chi connectivity index (χ1) is 14.3. The summed E-state index contributed by atoms with van der Waals surface area (Å²) in [5, 5.41) is 2.98. The van der Waals surface area contributed by atoms with Crippen LogP contribution in [0.15, 0.2) is 53.4 Å². The van der Waals surface area contributed by atoms with Crippen molar-refractivity contribution in [1.82, 2.24) is 10.2 Å². The van der Waals surface area contributed by atoms with Crippen LogP contribution in [0.3, 0.4) is 0 Å². The Hall–Kier alpha value is -2.27. The molecule has 0 aliphatic rings. The summed E-state index contributed by atoms with van der Waals surface area (Å²) in [4.78, 5) is 28.9. The van der Waals surface area contributed by atoms with E-state index in [0.29, 0.717) is 25.1 Å². The van der Waals surface area contributed by atoms with Crippen LogP contribution in [0.5, 0.6) is 0 Å². The maximum Gasteiger partial charge on any atom is 0.243 e. The molecule has 0 fully saturated rings. The third kappa shape index (κ3) is 7.52. The Balaban J connectivity index is 2.12.